The molecule has 0 atom stereocenters. The predicted molar refractivity (Wildman–Crippen MR) is 101 cm³/mol. The van der Waals surface area contributed by atoms with E-state index in [1.54, 1.807) is 24.3 Å². The number of carbonyl (C=O) groups excluding carboxylic acids is 3. The van der Waals surface area contributed by atoms with E-state index in [0.29, 0.717) is 23.6 Å². The van der Waals surface area contributed by atoms with Gasteiger partial charge in [-0.05, 0) is 18.7 Å². The molecule has 0 aliphatic carbocycles. The second-order valence-corrected chi connectivity index (χ2v) is 6.78. The van der Waals surface area contributed by atoms with Gasteiger partial charge in [-0.15, -0.1) is 0 Å². The Morgan fingerprint density at radius 2 is 1.81 bits per heavy atom. The molecule has 26 heavy (non-hydrogen) atoms. The lowest BCUT2D eigenvalue weighted by atomic mass is 10.1. The van der Waals surface area contributed by atoms with Gasteiger partial charge in [-0.2, -0.15) is 0 Å². The topological polar surface area (TPSA) is 69.7 Å². The van der Waals surface area contributed by atoms with Crippen LogP contribution in [0.3, 0.4) is 0 Å². The number of hydrogen-bond acceptors (Lipinski definition) is 4. The van der Waals surface area contributed by atoms with Crippen LogP contribution >= 0.6 is 11.6 Å². The Morgan fingerprint density at radius 1 is 1.08 bits per heavy atom. The second kappa shape index (κ2) is 10.3. The molecule has 0 spiro atoms. The van der Waals surface area contributed by atoms with E-state index in [9.17, 15) is 14.4 Å². The van der Waals surface area contributed by atoms with Gasteiger partial charge in [0.15, 0.2) is 5.78 Å². The van der Waals surface area contributed by atoms with E-state index >= 15 is 0 Å². The lowest BCUT2D eigenvalue weighted by molar-refractivity contribution is -0.132. The summed E-state index contributed by atoms with van der Waals surface area (Å²) < 4.78 is 0. The quantitative estimate of drug-likeness (QED) is 0.701. The molecule has 2 amide bonds. The Morgan fingerprint density at radius 3 is 2.46 bits per heavy atom. The number of ketones is 1. The smallest absolute Gasteiger partial charge is 0.224 e. The molecule has 0 unspecified atom stereocenters. The minimum atomic E-state index is -0.219. The highest BCUT2D eigenvalue weighted by Gasteiger charge is 2.19. The molecular formula is C19H26ClN3O3. The molecule has 1 heterocycles. The van der Waals surface area contributed by atoms with E-state index in [0.717, 1.165) is 32.7 Å². The molecule has 1 aliphatic rings. The van der Waals surface area contributed by atoms with Crippen molar-refractivity contribution in [2.75, 3.05) is 39.3 Å². The van der Waals surface area contributed by atoms with Gasteiger partial charge in [0, 0.05) is 62.6 Å². The standard InChI is InChI=1S/C19H26ClN3O3/c1-2-22-10-12-23(13-11-22)19(26)8-9-21-18(25)7-6-17(24)15-4-3-5-16(20)14-15/h3-5,14H,2,6-13H2,1H3,(H,21,25). The van der Waals surface area contributed by atoms with Crippen molar-refractivity contribution in [1.29, 1.82) is 0 Å². The van der Waals surface area contributed by atoms with Crippen molar-refractivity contribution < 1.29 is 14.4 Å². The maximum absolute atomic E-state index is 12.1. The lowest BCUT2D eigenvalue weighted by Crippen LogP contribution is -2.49. The Hall–Kier alpha value is -1.92. The molecule has 2 rings (SSSR count). The number of carbonyl (C=O) groups is 3. The molecule has 0 saturated carbocycles. The second-order valence-electron chi connectivity index (χ2n) is 6.35. The van der Waals surface area contributed by atoms with Gasteiger partial charge >= 0.3 is 0 Å². The van der Waals surface area contributed by atoms with Crippen LogP contribution < -0.4 is 5.32 Å². The van der Waals surface area contributed by atoms with Gasteiger partial charge in [-0.1, -0.05) is 30.7 Å². The van der Waals surface area contributed by atoms with Crippen molar-refractivity contribution in [1.82, 2.24) is 15.1 Å². The average molecular weight is 380 g/mol. The number of likely N-dealkylation sites (N-methyl/N-ethyl adjacent to an activating group) is 1. The number of halogens is 1. The third-order valence-electron chi connectivity index (χ3n) is 4.56. The van der Waals surface area contributed by atoms with Crippen molar-refractivity contribution in [2.45, 2.75) is 26.2 Å². The van der Waals surface area contributed by atoms with Gasteiger partial charge in [-0.3, -0.25) is 14.4 Å². The number of piperazine rings is 1. The number of hydrogen-bond donors (Lipinski definition) is 1. The Kier molecular flexibility index (Phi) is 8.06. The van der Waals surface area contributed by atoms with E-state index < -0.39 is 0 Å². The number of benzene rings is 1. The molecule has 142 valence electrons. The fourth-order valence-corrected chi connectivity index (χ4v) is 3.09. The molecular weight excluding hydrogens is 354 g/mol. The Bertz CT molecular complexity index is 643. The van der Waals surface area contributed by atoms with E-state index in [4.69, 9.17) is 11.6 Å². The van der Waals surface area contributed by atoms with Crippen molar-refractivity contribution in [2.24, 2.45) is 0 Å². The lowest BCUT2D eigenvalue weighted by Gasteiger charge is -2.34. The molecule has 1 aromatic carbocycles. The molecule has 1 N–H and O–H groups in total. The first-order valence-electron chi connectivity index (χ1n) is 9.05. The van der Waals surface area contributed by atoms with Gasteiger partial charge in [0.05, 0.1) is 0 Å². The summed E-state index contributed by atoms with van der Waals surface area (Å²) in [4.78, 5) is 40.2. The summed E-state index contributed by atoms with van der Waals surface area (Å²) in [7, 11) is 0. The first kappa shape index (κ1) is 20.4. The van der Waals surface area contributed by atoms with Crippen molar-refractivity contribution in [3.63, 3.8) is 0 Å². The van der Waals surface area contributed by atoms with E-state index in [2.05, 4.69) is 17.1 Å². The summed E-state index contributed by atoms with van der Waals surface area (Å²) in [5, 5.41) is 3.21. The van der Waals surface area contributed by atoms with Gasteiger partial charge in [-0.25, -0.2) is 0 Å². The first-order valence-corrected chi connectivity index (χ1v) is 9.43. The summed E-state index contributed by atoms with van der Waals surface area (Å²) in [6.07, 6.45) is 0.522. The van der Waals surface area contributed by atoms with Crippen LogP contribution in [0.5, 0.6) is 0 Å². The third kappa shape index (κ3) is 6.42. The summed E-state index contributed by atoms with van der Waals surface area (Å²) >= 11 is 5.86. The summed E-state index contributed by atoms with van der Waals surface area (Å²) in [6, 6.07) is 6.69. The van der Waals surface area contributed by atoms with Gasteiger partial charge in [0.2, 0.25) is 11.8 Å². The van der Waals surface area contributed by atoms with Crippen molar-refractivity contribution >= 4 is 29.2 Å². The normalized spacial score (nSPS) is 14.9. The monoisotopic (exact) mass is 379 g/mol. The van der Waals surface area contributed by atoms with Crippen LogP contribution in [0.4, 0.5) is 0 Å². The molecule has 0 bridgehead atoms. The Balaban J connectivity index is 1.63. The maximum Gasteiger partial charge on any atom is 0.224 e. The fraction of sp³-hybridized carbons (Fsp3) is 0.526. The van der Waals surface area contributed by atoms with Crippen molar-refractivity contribution in [3.05, 3.63) is 34.9 Å². The highest BCUT2D eigenvalue weighted by atomic mass is 35.5. The van der Waals surface area contributed by atoms with E-state index in [-0.39, 0.29) is 30.4 Å². The van der Waals surface area contributed by atoms with E-state index in [1.807, 2.05) is 4.90 Å². The minimum Gasteiger partial charge on any atom is -0.356 e. The number of amides is 2. The number of rotatable bonds is 8. The molecule has 1 fully saturated rings. The maximum atomic E-state index is 12.1. The zero-order valence-corrected chi connectivity index (χ0v) is 15.9. The minimum absolute atomic E-state index is 0.0658. The van der Waals surface area contributed by atoms with Gasteiger partial charge in [0.25, 0.3) is 0 Å². The largest absolute Gasteiger partial charge is 0.356 e. The average Bonchev–Trinajstić information content (AvgIpc) is 2.66. The zero-order chi connectivity index (χ0) is 18.9. The number of nitrogens with zero attached hydrogens (tertiary/aromatic N) is 2. The Labute approximate surface area is 159 Å². The molecule has 7 heteroatoms. The van der Waals surface area contributed by atoms with Crippen LogP contribution in [-0.4, -0.2) is 66.7 Å². The number of Topliss-reactive ketones (excluding diaryl/α,β-unsaturated/α-hetero) is 1. The first-order chi connectivity index (χ1) is 12.5. The molecule has 0 radical (unpaired) electrons. The predicted octanol–water partition coefficient (Wildman–Crippen LogP) is 1.97. The zero-order valence-electron chi connectivity index (χ0n) is 15.2. The summed E-state index contributed by atoms with van der Waals surface area (Å²) in [6.45, 7) is 6.72. The van der Waals surface area contributed by atoms with Crippen molar-refractivity contribution in [3.8, 4) is 0 Å². The van der Waals surface area contributed by atoms with Gasteiger partial charge in [0.1, 0.15) is 0 Å². The number of nitrogens with one attached hydrogen (secondary N) is 1. The summed E-state index contributed by atoms with van der Waals surface area (Å²) in [5.41, 5.74) is 0.506. The highest BCUT2D eigenvalue weighted by molar-refractivity contribution is 6.31. The SMILES string of the molecule is CCN1CCN(C(=O)CCNC(=O)CCC(=O)c2cccc(Cl)c2)CC1. The van der Waals surface area contributed by atoms with Crippen LogP contribution in [-0.2, 0) is 9.59 Å². The van der Waals surface area contributed by atoms with Gasteiger partial charge < -0.3 is 15.1 Å². The third-order valence-corrected chi connectivity index (χ3v) is 4.79. The van der Waals surface area contributed by atoms with Crippen LogP contribution in [0.2, 0.25) is 5.02 Å². The van der Waals surface area contributed by atoms with Crippen LogP contribution in [0, 0.1) is 0 Å². The van der Waals surface area contributed by atoms with E-state index in [1.165, 1.54) is 0 Å². The molecule has 6 nitrogen and oxygen atoms in total. The van der Waals surface area contributed by atoms with Crippen LogP contribution in [0.15, 0.2) is 24.3 Å². The molecule has 0 aromatic heterocycles. The highest BCUT2D eigenvalue weighted by Crippen LogP contribution is 2.13. The van der Waals surface area contributed by atoms with Crippen LogP contribution in [0.1, 0.15) is 36.5 Å². The fourth-order valence-electron chi connectivity index (χ4n) is 2.90. The summed E-state index contributed by atoms with van der Waals surface area (Å²) in [5.74, 6) is -0.271. The molecule has 1 aliphatic heterocycles. The molecule has 1 aromatic rings. The van der Waals surface area contributed by atoms with Crippen LogP contribution in [0.25, 0.3) is 0 Å². The molecule has 1 saturated heterocycles.